The lowest BCUT2D eigenvalue weighted by Gasteiger charge is -2.17. The van der Waals surface area contributed by atoms with Crippen LogP contribution in [-0.2, 0) is 14.3 Å². The molecule has 0 aliphatic carbocycles. The first-order valence-corrected chi connectivity index (χ1v) is 9.68. The predicted octanol–water partition coefficient (Wildman–Crippen LogP) is 4.85. The van der Waals surface area contributed by atoms with Crippen molar-refractivity contribution in [2.75, 3.05) is 13.2 Å². The van der Waals surface area contributed by atoms with Crippen LogP contribution < -0.4 is 0 Å². The molecule has 2 atom stereocenters. The molecule has 5 nitrogen and oxygen atoms in total. The Labute approximate surface area is 177 Å². The highest BCUT2D eigenvalue weighted by Crippen LogP contribution is 2.27. The van der Waals surface area contributed by atoms with E-state index in [0.29, 0.717) is 11.1 Å². The average molecular weight is 406 g/mol. The van der Waals surface area contributed by atoms with Gasteiger partial charge in [0.1, 0.15) is 19.0 Å². The van der Waals surface area contributed by atoms with E-state index in [-0.39, 0.29) is 30.8 Å². The molecule has 30 heavy (non-hydrogen) atoms. The second-order valence-electron chi connectivity index (χ2n) is 6.86. The van der Waals surface area contributed by atoms with Gasteiger partial charge in [-0.05, 0) is 35.4 Å². The molecular formula is C25H26O5. The molecule has 0 heterocycles. The molecule has 2 unspecified atom stereocenters. The van der Waals surface area contributed by atoms with Crippen molar-refractivity contribution in [3.05, 3.63) is 96.1 Å². The van der Waals surface area contributed by atoms with Crippen LogP contribution in [0.2, 0.25) is 0 Å². The van der Waals surface area contributed by atoms with E-state index in [1.165, 1.54) is 12.2 Å². The molecule has 0 aliphatic rings. The fraction of sp³-hybridized carbons (Fsp3) is 0.240. The number of carbonyl (C=O) groups excluding carboxylic acids is 3. The number of hydrogen-bond acceptors (Lipinski definition) is 5. The molecular weight excluding hydrogens is 380 g/mol. The van der Waals surface area contributed by atoms with Crippen molar-refractivity contribution in [1.82, 2.24) is 0 Å². The molecule has 0 spiro atoms. The van der Waals surface area contributed by atoms with E-state index >= 15 is 0 Å². The summed E-state index contributed by atoms with van der Waals surface area (Å²) in [5.41, 5.74) is 2.48. The van der Waals surface area contributed by atoms with Crippen LogP contribution in [0.5, 0.6) is 0 Å². The van der Waals surface area contributed by atoms with Crippen LogP contribution in [0.25, 0.3) is 0 Å². The van der Waals surface area contributed by atoms with Gasteiger partial charge in [0.05, 0.1) is 11.1 Å². The minimum atomic E-state index is -0.430. The van der Waals surface area contributed by atoms with E-state index in [4.69, 9.17) is 9.47 Å². The monoisotopic (exact) mass is 406 g/mol. The molecule has 0 amide bonds. The normalized spacial score (nSPS) is 12.3. The van der Waals surface area contributed by atoms with Crippen LogP contribution in [0.3, 0.4) is 0 Å². The molecule has 0 saturated heterocycles. The first kappa shape index (κ1) is 22.8. The fourth-order valence-corrected chi connectivity index (χ4v) is 2.96. The Morgan fingerprint density at radius 1 is 0.733 bits per heavy atom. The van der Waals surface area contributed by atoms with Crippen LogP contribution in [0.1, 0.15) is 57.5 Å². The maximum atomic E-state index is 13.0. The Kier molecular flexibility index (Phi) is 8.29. The summed E-state index contributed by atoms with van der Waals surface area (Å²) in [4.78, 5) is 36.7. The molecule has 2 aromatic rings. The first-order chi connectivity index (χ1) is 14.4. The van der Waals surface area contributed by atoms with Crippen molar-refractivity contribution in [3.8, 4) is 0 Å². The van der Waals surface area contributed by atoms with Gasteiger partial charge >= 0.3 is 11.9 Å². The van der Waals surface area contributed by atoms with Crippen molar-refractivity contribution >= 4 is 17.7 Å². The molecule has 0 N–H and O–H groups in total. The van der Waals surface area contributed by atoms with Crippen molar-refractivity contribution in [2.45, 2.75) is 25.7 Å². The largest absolute Gasteiger partial charge is 0.458 e. The molecule has 0 radical (unpaired) electrons. The van der Waals surface area contributed by atoms with Crippen molar-refractivity contribution in [3.63, 3.8) is 0 Å². The number of carbonyl (C=O) groups is 3. The van der Waals surface area contributed by atoms with Gasteiger partial charge in [0.25, 0.3) is 0 Å². The van der Waals surface area contributed by atoms with Crippen molar-refractivity contribution < 1.29 is 23.9 Å². The minimum Gasteiger partial charge on any atom is -0.458 e. The van der Waals surface area contributed by atoms with Crippen LogP contribution in [0, 0.1) is 0 Å². The van der Waals surface area contributed by atoms with Gasteiger partial charge in [-0.25, -0.2) is 9.59 Å². The number of rotatable bonds is 10. The second kappa shape index (κ2) is 10.9. The van der Waals surface area contributed by atoms with Gasteiger partial charge in [0.2, 0.25) is 0 Å². The Morgan fingerprint density at radius 3 is 1.37 bits per heavy atom. The molecule has 156 valence electrons. The van der Waals surface area contributed by atoms with E-state index in [9.17, 15) is 14.4 Å². The van der Waals surface area contributed by atoms with Gasteiger partial charge in [0, 0.05) is 11.8 Å². The highest BCUT2D eigenvalue weighted by atomic mass is 16.5. The van der Waals surface area contributed by atoms with E-state index in [2.05, 4.69) is 13.2 Å². The Balaban J connectivity index is 2.06. The van der Waals surface area contributed by atoms with E-state index in [1.807, 2.05) is 13.8 Å². The third-order valence-electron chi connectivity index (χ3n) is 4.81. The van der Waals surface area contributed by atoms with E-state index in [0.717, 1.165) is 11.1 Å². The highest BCUT2D eigenvalue weighted by Gasteiger charge is 2.23. The zero-order valence-corrected chi connectivity index (χ0v) is 17.3. The van der Waals surface area contributed by atoms with Gasteiger partial charge in [-0.15, -0.1) is 0 Å². The Morgan fingerprint density at radius 2 is 1.07 bits per heavy atom. The summed E-state index contributed by atoms with van der Waals surface area (Å²) in [7, 11) is 0. The van der Waals surface area contributed by atoms with Crippen LogP contribution in [-0.4, -0.2) is 30.9 Å². The molecule has 0 saturated carbocycles. The molecule has 0 bridgehead atoms. The summed E-state index contributed by atoms with van der Waals surface area (Å²) in [6, 6.07) is 13.7. The number of ketones is 1. The number of hydrogen-bond donors (Lipinski definition) is 0. The van der Waals surface area contributed by atoms with Crippen molar-refractivity contribution in [1.29, 1.82) is 0 Å². The predicted molar refractivity (Wildman–Crippen MR) is 116 cm³/mol. The summed E-state index contributed by atoms with van der Waals surface area (Å²) >= 11 is 0. The number of benzene rings is 2. The standard InChI is InChI=1S/C25H26O5/c1-5-15-29-24(27)21-11-7-19(8-12-21)17(3)23(26)18(4)20-9-13-22(14-10-20)25(28)30-16-6-2/h5-14,17-18H,1-2,15-16H2,3-4H3. The van der Waals surface area contributed by atoms with E-state index in [1.54, 1.807) is 48.5 Å². The Hall–Kier alpha value is -3.47. The molecule has 5 heteroatoms. The maximum absolute atomic E-state index is 13.0. The fourth-order valence-electron chi connectivity index (χ4n) is 2.96. The minimum absolute atomic E-state index is 0.0407. The topological polar surface area (TPSA) is 69.7 Å². The summed E-state index contributed by atoms with van der Waals surface area (Å²) in [6.07, 6.45) is 3.01. The van der Waals surface area contributed by atoms with Gasteiger partial charge in [-0.3, -0.25) is 4.79 Å². The van der Waals surface area contributed by atoms with Gasteiger partial charge in [0.15, 0.2) is 0 Å². The summed E-state index contributed by atoms with van der Waals surface area (Å²) in [6.45, 7) is 11.0. The van der Waals surface area contributed by atoms with Gasteiger partial charge in [-0.1, -0.05) is 63.4 Å². The summed E-state index contributed by atoms with van der Waals surface area (Å²) < 4.78 is 10.0. The molecule has 0 aromatic heterocycles. The third-order valence-corrected chi connectivity index (χ3v) is 4.81. The van der Waals surface area contributed by atoms with Gasteiger partial charge in [-0.2, -0.15) is 0 Å². The lowest BCUT2D eigenvalue weighted by molar-refractivity contribution is -0.121. The first-order valence-electron chi connectivity index (χ1n) is 9.68. The third kappa shape index (κ3) is 5.77. The zero-order chi connectivity index (χ0) is 22.1. The van der Waals surface area contributed by atoms with Crippen LogP contribution in [0.15, 0.2) is 73.8 Å². The summed E-state index contributed by atoms with van der Waals surface area (Å²) in [5.74, 6) is -1.52. The highest BCUT2D eigenvalue weighted by molar-refractivity contribution is 5.93. The molecule has 2 rings (SSSR count). The van der Waals surface area contributed by atoms with Gasteiger partial charge < -0.3 is 9.47 Å². The zero-order valence-electron chi connectivity index (χ0n) is 17.3. The van der Waals surface area contributed by atoms with E-state index < -0.39 is 11.9 Å². The molecule has 2 aromatic carbocycles. The number of ether oxygens (including phenoxy) is 2. The molecule has 0 fully saturated rings. The van der Waals surface area contributed by atoms with Crippen LogP contribution >= 0.6 is 0 Å². The SMILES string of the molecule is C=CCOC(=O)c1ccc(C(C)C(=O)C(C)c2ccc(C(=O)OCC=C)cc2)cc1. The summed E-state index contributed by atoms with van der Waals surface area (Å²) in [5, 5.41) is 0. The number of esters is 2. The maximum Gasteiger partial charge on any atom is 0.338 e. The Bertz CT molecular complexity index is 834. The van der Waals surface area contributed by atoms with Crippen molar-refractivity contribution in [2.24, 2.45) is 0 Å². The molecule has 0 aliphatic heterocycles. The number of Topliss-reactive ketones (excluding diaryl/α,β-unsaturated/α-hetero) is 1. The van der Waals surface area contributed by atoms with Crippen LogP contribution in [0.4, 0.5) is 0 Å². The quantitative estimate of drug-likeness (QED) is 0.417. The average Bonchev–Trinajstić information content (AvgIpc) is 2.79. The lowest BCUT2D eigenvalue weighted by atomic mass is 9.85. The second-order valence-corrected chi connectivity index (χ2v) is 6.86. The lowest BCUT2D eigenvalue weighted by Crippen LogP contribution is -2.17. The smallest absolute Gasteiger partial charge is 0.338 e.